The molecule has 2 aliphatic rings. The smallest absolute Gasteiger partial charge is 0.262 e. The third-order valence-electron chi connectivity index (χ3n) is 4.27. The first kappa shape index (κ1) is 14.6. The number of benzene rings is 1. The lowest BCUT2D eigenvalue weighted by Crippen LogP contribution is -2.47. The minimum absolute atomic E-state index is 0.122. The number of hydrogen-bond acceptors (Lipinski definition) is 4. The number of ketones is 2. The van der Waals surface area contributed by atoms with Crippen LogP contribution in [-0.2, 0) is 16.0 Å². The lowest BCUT2D eigenvalue weighted by Gasteiger charge is -2.27. The molecule has 1 unspecified atom stereocenters. The molecule has 0 saturated heterocycles. The second-order valence-corrected chi connectivity index (χ2v) is 5.85. The summed E-state index contributed by atoms with van der Waals surface area (Å²) in [5, 5.41) is 0. The van der Waals surface area contributed by atoms with Gasteiger partial charge in [-0.3, -0.25) is 24.1 Å². The number of hydrogen-bond donors (Lipinski definition) is 0. The van der Waals surface area contributed by atoms with Gasteiger partial charge >= 0.3 is 0 Å². The number of amides is 2. The fourth-order valence-corrected chi connectivity index (χ4v) is 3.17. The molecule has 0 spiro atoms. The number of carbonyl (C=O) groups excluding carboxylic acids is 4. The molecular weight excluding hydrogens is 282 g/mol. The van der Waals surface area contributed by atoms with E-state index < -0.39 is 17.9 Å². The van der Waals surface area contributed by atoms with Crippen molar-refractivity contribution in [1.82, 2.24) is 4.90 Å². The van der Waals surface area contributed by atoms with E-state index in [4.69, 9.17) is 0 Å². The molecule has 1 aromatic rings. The van der Waals surface area contributed by atoms with Crippen molar-refractivity contribution < 1.29 is 19.2 Å². The Hall–Kier alpha value is -2.30. The number of carbonyl (C=O) groups is 4. The molecule has 0 N–H and O–H groups in total. The van der Waals surface area contributed by atoms with E-state index in [2.05, 4.69) is 0 Å². The maximum atomic E-state index is 12.6. The molecule has 2 amide bonds. The lowest BCUT2D eigenvalue weighted by atomic mass is 9.92. The van der Waals surface area contributed by atoms with Crippen LogP contribution in [0.2, 0.25) is 0 Å². The predicted octanol–water partition coefficient (Wildman–Crippen LogP) is 1.93. The zero-order valence-corrected chi connectivity index (χ0v) is 12.4. The number of Topliss-reactive ketones (excluding diaryl/α,β-unsaturated/α-hetero) is 2. The van der Waals surface area contributed by atoms with Crippen LogP contribution < -0.4 is 0 Å². The molecule has 1 heterocycles. The number of imide groups is 1. The van der Waals surface area contributed by atoms with E-state index in [-0.39, 0.29) is 30.8 Å². The summed E-state index contributed by atoms with van der Waals surface area (Å²) in [5.41, 5.74) is 1.74. The highest BCUT2D eigenvalue weighted by Gasteiger charge is 2.44. The largest absolute Gasteiger partial charge is 0.299 e. The van der Waals surface area contributed by atoms with Crippen molar-refractivity contribution in [2.45, 2.75) is 45.1 Å². The quantitative estimate of drug-likeness (QED) is 0.631. The standard InChI is InChI=1S/C17H17NO4/c1-2-3-10-4-6-12-13(8-10)17(22)18(16(12)21)14-7-5-11(19)9-15(14)20/h4,6,8,14H,2-3,5,7,9H2,1H3. The van der Waals surface area contributed by atoms with Crippen LogP contribution in [-0.4, -0.2) is 34.3 Å². The Morgan fingerprint density at radius 1 is 1.09 bits per heavy atom. The molecule has 22 heavy (non-hydrogen) atoms. The van der Waals surface area contributed by atoms with Gasteiger partial charge in [-0.2, -0.15) is 0 Å². The molecule has 3 rings (SSSR count). The van der Waals surface area contributed by atoms with Crippen LogP contribution in [0.1, 0.15) is 58.9 Å². The summed E-state index contributed by atoms with van der Waals surface area (Å²) >= 11 is 0. The zero-order chi connectivity index (χ0) is 15.9. The number of fused-ring (bicyclic) bond motifs is 1. The van der Waals surface area contributed by atoms with E-state index >= 15 is 0 Å². The topological polar surface area (TPSA) is 71.5 Å². The molecule has 114 valence electrons. The SMILES string of the molecule is CCCc1ccc2c(c1)C(=O)N(C1CCC(=O)CC1=O)C2=O. The highest BCUT2D eigenvalue weighted by atomic mass is 16.2. The van der Waals surface area contributed by atoms with E-state index in [1.165, 1.54) is 0 Å². The summed E-state index contributed by atoms with van der Waals surface area (Å²) in [7, 11) is 0. The van der Waals surface area contributed by atoms with Crippen molar-refractivity contribution in [2.24, 2.45) is 0 Å². The summed E-state index contributed by atoms with van der Waals surface area (Å²) in [4.78, 5) is 49.4. The Labute approximate surface area is 128 Å². The van der Waals surface area contributed by atoms with Gasteiger partial charge in [-0.25, -0.2) is 0 Å². The first-order valence-corrected chi connectivity index (χ1v) is 7.58. The number of rotatable bonds is 3. The van der Waals surface area contributed by atoms with Crippen LogP contribution in [0.15, 0.2) is 18.2 Å². The molecular formula is C17H17NO4. The van der Waals surface area contributed by atoms with Crippen molar-refractivity contribution in [2.75, 3.05) is 0 Å². The van der Waals surface area contributed by atoms with Gasteiger partial charge in [0, 0.05) is 6.42 Å². The van der Waals surface area contributed by atoms with Crippen molar-refractivity contribution in [3.05, 3.63) is 34.9 Å². The van der Waals surface area contributed by atoms with Gasteiger partial charge in [0.15, 0.2) is 5.78 Å². The van der Waals surface area contributed by atoms with Gasteiger partial charge in [0.2, 0.25) is 0 Å². The normalized spacial score (nSPS) is 21.5. The lowest BCUT2D eigenvalue weighted by molar-refractivity contribution is -0.132. The average Bonchev–Trinajstić information content (AvgIpc) is 2.72. The summed E-state index contributed by atoms with van der Waals surface area (Å²) in [6, 6.07) is 4.47. The molecule has 0 aromatic heterocycles. The molecule has 1 atom stereocenters. The maximum absolute atomic E-state index is 12.6. The van der Waals surface area contributed by atoms with Crippen molar-refractivity contribution in [1.29, 1.82) is 0 Å². The second kappa shape index (κ2) is 5.48. The fourth-order valence-electron chi connectivity index (χ4n) is 3.17. The monoisotopic (exact) mass is 299 g/mol. The minimum atomic E-state index is -0.792. The highest BCUT2D eigenvalue weighted by molar-refractivity contribution is 6.23. The Morgan fingerprint density at radius 3 is 2.50 bits per heavy atom. The van der Waals surface area contributed by atoms with Crippen molar-refractivity contribution in [3.8, 4) is 0 Å². The Kier molecular flexibility index (Phi) is 3.64. The van der Waals surface area contributed by atoms with E-state index in [1.54, 1.807) is 12.1 Å². The predicted molar refractivity (Wildman–Crippen MR) is 78.6 cm³/mol. The first-order chi connectivity index (χ1) is 10.5. The van der Waals surface area contributed by atoms with Gasteiger partial charge in [-0.05, 0) is 30.5 Å². The molecule has 5 heteroatoms. The van der Waals surface area contributed by atoms with E-state index in [9.17, 15) is 19.2 Å². The molecule has 1 aromatic carbocycles. The van der Waals surface area contributed by atoms with Crippen LogP contribution in [0.25, 0.3) is 0 Å². The molecule has 0 radical (unpaired) electrons. The van der Waals surface area contributed by atoms with Crippen LogP contribution in [0.5, 0.6) is 0 Å². The van der Waals surface area contributed by atoms with Gasteiger partial charge in [-0.1, -0.05) is 19.4 Å². The van der Waals surface area contributed by atoms with Gasteiger partial charge in [0.1, 0.15) is 5.78 Å². The minimum Gasteiger partial charge on any atom is -0.299 e. The van der Waals surface area contributed by atoms with Crippen LogP contribution in [0.4, 0.5) is 0 Å². The van der Waals surface area contributed by atoms with Gasteiger partial charge < -0.3 is 0 Å². The molecule has 1 saturated carbocycles. The number of nitrogens with zero attached hydrogens (tertiary/aromatic N) is 1. The van der Waals surface area contributed by atoms with Crippen LogP contribution in [0, 0.1) is 0 Å². The third kappa shape index (κ3) is 2.26. The summed E-state index contributed by atoms with van der Waals surface area (Å²) < 4.78 is 0. The summed E-state index contributed by atoms with van der Waals surface area (Å²) in [5.74, 6) is -1.29. The van der Waals surface area contributed by atoms with Crippen molar-refractivity contribution >= 4 is 23.4 Å². The van der Waals surface area contributed by atoms with Gasteiger partial charge in [-0.15, -0.1) is 0 Å². The second-order valence-electron chi connectivity index (χ2n) is 5.85. The van der Waals surface area contributed by atoms with E-state index in [1.807, 2.05) is 13.0 Å². The highest BCUT2D eigenvalue weighted by Crippen LogP contribution is 2.29. The van der Waals surface area contributed by atoms with Gasteiger partial charge in [0.25, 0.3) is 11.8 Å². The summed E-state index contributed by atoms with van der Waals surface area (Å²) in [6.45, 7) is 2.05. The Balaban J connectivity index is 1.93. The van der Waals surface area contributed by atoms with Gasteiger partial charge in [0.05, 0.1) is 23.6 Å². The molecule has 5 nitrogen and oxygen atoms in total. The Morgan fingerprint density at radius 2 is 1.82 bits per heavy atom. The van der Waals surface area contributed by atoms with Crippen LogP contribution >= 0.6 is 0 Å². The first-order valence-electron chi connectivity index (χ1n) is 7.58. The number of aryl methyl sites for hydroxylation is 1. The fraction of sp³-hybridized carbons (Fsp3) is 0.412. The zero-order valence-electron chi connectivity index (χ0n) is 12.4. The van der Waals surface area contributed by atoms with Crippen LogP contribution in [0.3, 0.4) is 0 Å². The molecule has 0 bridgehead atoms. The Bertz CT molecular complexity index is 692. The van der Waals surface area contributed by atoms with E-state index in [0.717, 1.165) is 23.3 Å². The molecule has 1 aliphatic carbocycles. The molecule has 1 fully saturated rings. The summed E-state index contributed by atoms with van der Waals surface area (Å²) in [6.07, 6.45) is 2.09. The third-order valence-corrected chi connectivity index (χ3v) is 4.27. The van der Waals surface area contributed by atoms with Crippen molar-refractivity contribution in [3.63, 3.8) is 0 Å². The average molecular weight is 299 g/mol. The maximum Gasteiger partial charge on any atom is 0.262 e. The van der Waals surface area contributed by atoms with E-state index in [0.29, 0.717) is 11.1 Å². The molecule has 1 aliphatic heterocycles.